The first-order chi connectivity index (χ1) is 9.10. The van der Waals surface area contributed by atoms with Gasteiger partial charge in [-0.3, -0.25) is 0 Å². The number of anilines is 2. The van der Waals surface area contributed by atoms with E-state index in [0.717, 1.165) is 49.2 Å². The SMILES string of the molecule is CCOCCCNc1nc(C(C)C)nc(NC)c1C. The van der Waals surface area contributed by atoms with Crippen LogP contribution in [0.1, 0.15) is 44.5 Å². The third-order valence-electron chi connectivity index (χ3n) is 2.88. The number of aromatic nitrogens is 2. The summed E-state index contributed by atoms with van der Waals surface area (Å²) in [6.07, 6.45) is 0.975. The molecule has 0 saturated carbocycles. The van der Waals surface area contributed by atoms with Gasteiger partial charge in [-0.1, -0.05) is 13.8 Å². The molecule has 0 aromatic carbocycles. The Labute approximate surface area is 116 Å². The first-order valence-electron chi connectivity index (χ1n) is 6.98. The van der Waals surface area contributed by atoms with Gasteiger partial charge in [0.05, 0.1) is 0 Å². The zero-order valence-electron chi connectivity index (χ0n) is 12.7. The van der Waals surface area contributed by atoms with Crippen LogP contribution in [0, 0.1) is 6.92 Å². The molecule has 1 aromatic rings. The minimum Gasteiger partial charge on any atom is -0.382 e. The van der Waals surface area contributed by atoms with E-state index in [1.54, 1.807) is 0 Å². The summed E-state index contributed by atoms with van der Waals surface area (Å²) >= 11 is 0. The van der Waals surface area contributed by atoms with Crippen molar-refractivity contribution < 1.29 is 4.74 Å². The van der Waals surface area contributed by atoms with Gasteiger partial charge in [0.2, 0.25) is 0 Å². The van der Waals surface area contributed by atoms with Crippen LogP contribution in [0.5, 0.6) is 0 Å². The topological polar surface area (TPSA) is 59.1 Å². The number of hydrogen-bond donors (Lipinski definition) is 2. The van der Waals surface area contributed by atoms with Crippen molar-refractivity contribution in [2.45, 2.75) is 40.0 Å². The van der Waals surface area contributed by atoms with Gasteiger partial charge in [-0.2, -0.15) is 0 Å². The van der Waals surface area contributed by atoms with Crippen molar-refractivity contribution in [2.75, 3.05) is 37.4 Å². The number of nitrogens with one attached hydrogen (secondary N) is 2. The molecule has 5 heteroatoms. The maximum atomic E-state index is 5.32. The van der Waals surface area contributed by atoms with Gasteiger partial charge in [-0.25, -0.2) is 9.97 Å². The molecular formula is C14H26N4O. The monoisotopic (exact) mass is 266 g/mol. The van der Waals surface area contributed by atoms with Gasteiger partial charge in [0.1, 0.15) is 17.5 Å². The fourth-order valence-electron chi connectivity index (χ4n) is 1.73. The molecule has 1 rings (SSSR count). The van der Waals surface area contributed by atoms with Crippen molar-refractivity contribution in [3.63, 3.8) is 0 Å². The molecule has 0 aliphatic heterocycles. The van der Waals surface area contributed by atoms with Crippen LogP contribution in [-0.4, -0.2) is 36.8 Å². The molecule has 0 atom stereocenters. The quantitative estimate of drug-likeness (QED) is 0.709. The third kappa shape index (κ3) is 4.67. The summed E-state index contributed by atoms with van der Waals surface area (Å²) in [5, 5.41) is 6.50. The van der Waals surface area contributed by atoms with Crippen LogP contribution in [0.3, 0.4) is 0 Å². The second-order valence-electron chi connectivity index (χ2n) is 4.79. The van der Waals surface area contributed by atoms with Crippen LogP contribution in [0.4, 0.5) is 11.6 Å². The molecule has 0 fully saturated rings. The zero-order valence-corrected chi connectivity index (χ0v) is 12.7. The summed E-state index contributed by atoms with van der Waals surface area (Å²) in [5.41, 5.74) is 1.06. The van der Waals surface area contributed by atoms with Gasteiger partial charge in [0.15, 0.2) is 0 Å². The average Bonchev–Trinajstić information content (AvgIpc) is 2.40. The molecule has 2 N–H and O–H groups in total. The lowest BCUT2D eigenvalue weighted by Crippen LogP contribution is -2.12. The minimum absolute atomic E-state index is 0.316. The number of nitrogens with zero attached hydrogens (tertiary/aromatic N) is 2. The van der Waals surface area contributed by atoms with E-state index in [1.807, 2.05) is 20.9 Å². The standard InChI is InChI=1S/C14H26N4O/c1-6-19-9-7-8-16-14-11(4)13(15-5)17-12(18-14)10(2)3/h10H,6-9H2,1-5H3,(H2,15,16,17,18). The maximum absolute atomic E-state index is 5.32. The van der Waals surface area contributed by atoms with Gasteiger partial charge < -0.3 is 15.4 Å². The van der Waals surface area contributed by atoms with Crippen LogP contribution in [0.25, 0.3) is 0 Å². The highest BCUT2D eigenvalue weighted by Gasteiger charge is 2.11. The molecule has 0 bridgehead atoms. The Kier molecular flexibility index (Phi) is 6.56. The Morgan fingerprint density at radius 3 is 2.47 bits per heavy atom. The second-order valence-corrected chi connectivity index (χ2v) is 4.79. The molecule has 0 unspecified atom stereocenters. The Hall–Kier alpha value is -1.36. The minimum atomic E-state index is 0.316. The van der Waals surface area contributed by atoms with Crippen molar-refractivity contribution in [1.82, 2.24) is 9.97 Å². The first-order valence-corrected chi connectivity index (χ1v) is 6.98. The Morgan fingerprint density at radius 2 is 1.89 bits per heavy atom. The second kappa shape index (κ2) is 7.94. The van der Waals surface area contributed by atoms with Crippen molar-refractivity contribution in [1.29, 1.82) is 0 Å². The smallest absolute Gasteiger partial charge is 0.135 e. The summed E-state index contributed by atoms with van der Waals surface area (Å²) in [4.78, 5) is 9.12. The zero-order chi connectivity index (χ0) is 14.3. The lowest BCUT2D eigenvalue weighted by atomic mass is 10.2. The van der Waals surface area contributed by atoms with Gasteiger partial charge in [0, 0.05) is 38.3 Å². The number of ether oxygens (including phenoxy) is 1. The van der Waals surface area contributed by atoms with Gasteiger partial charge in [-0.15, -0.1) is 0 Å². The molecule has 5 nitrogen and oxygen atoms in total. The van der Waals surface area contributed by atoms with E-state index >= 15 is 0 Å². The Balaban J connectivity index is 2.72. The van der Waals surface area contributed by atoms with E-state index < -0.39 is 0 Å². The summed E-state index contributed by atoms with van der Waals surface area (Å²) in [7, 11) is 1.89. The predicted octanol–water partition coefficient (Wildman–Crippen LogP) is 2.79. The summed E-state index contributed by atoms with van der Waals surface area (Å²) in [6.45, 7) is 10.7. The van der Waals surface area contributed by atoms with Crippen molar-refractivity contribution in [2.24, 2.45) is 0 Å². The molecule has 19 heavy (non-hydrogen) atoms. The highest BCUT2D eigenvalue weighted by molar-refractivity contribution is 5.57. The van der Waals surface area contributed by atoms with E-state index in [-0.39, 0.29) is 0 Å². The van der Waals surface area contributed by atoms with Crippen LogP contribution >= 0.6 is 0 Å². The first kappa shape index (κ1) is 15.7. The Morgan fingerprint density at radius 1 is 1.21 bits per heavy atom. The largest absolute Gasteiger partial charge is 0.382 e. The van der Waals surface area contributed by atoms with Crippen LogP contribution in [0.2, 0.25) is 0 Å². The van der Waals surface area contributed by atoms with Crippen LogP contribution in [0.15, 0.2) is 0 Å². The van der Waals surface area contributed by atoms with Crippen LogP contribution in [-0.2, 0) is 4.74 Å². The molecule has 0 aliphatic carbocycles. The molecule has 0 aliphatic rings. The molecule has 0 radical (unpaired) electrons. The Bertz CT molecular complexity index is 393. The molecule has 0 saturated heterocycles. The van der Waals surface area contributed by atoms with E-state index in [1.165, 1.54) is 0 Å². The molecule has 0 amide bonds. The molecule has 0 spiro atoms. The van der Waals surface area contributed by atoms with E-state index in [2.05, 4.69) is 34.4 Å². The normalized spacial score (nSPS) is 10.8. The van der Waals surface area contributed by atoms with E-state index in [9.17, 15) is 0 Å². The number of hydrogen-bond acceptors (Lipinski definition) is 5. The van der Waals surface area contributed by atoms with Crippen molar-refractivity contribution in [3.05, 3.63) is 11.4 Å². The van der Waals surface area contributed by atoms with Crippen molar-refractivity contribution >= 4 is 11.6 Å². The average molecular weight is 266 g/mol. The molecular weight excluding hydrogens is 240 g/mol. The van der Waals surface area contributed by atoms with Gasteiger partial charge >= 0.3 is 0 Å². The summed E-state index contributed by atoms with van der Waals surface area (Å²) < 4.78 is 5.32. The van der Waals surface area contributed by atoms with Crippen molar-refractivity contribution in [3.8, 4) is 0 Å². The predicted molar refractivity (Wildman–Crippen MR) is 80.0 cm³/mol. The fourth-order valence-corrected chi connectivity index (χ4v) is 1.73. The number of rotatable bonds is 8. The molecule has 1 aromatic heterocycles. The summed E-state index contributed by atoms with van der Waals surface area (Å²) in [6, 6.07) is 0. The fraction of sp³-hybridized carbons (Fsp3) is 0.714. The van der Waals surface area contributed by atoms with E-state index in [0.29, 0.717) is 5.92 Å². The van der Waals surface area contributed by atoms with Crippen LogP contribution < -0.4 is 10.6 Å². The highest BCUT2D eigenvalue weighted by atomic mass is 16.5. The lowest BCUT2D eigenvalue weighted by molar-refractivity contribution is 0.147. The summed E-state index contributed by atoms with van der Waals surface area (Å²) in [5.74, 6) is 2.99. The van der Waals surface area contributed by atoms with Gasteiger partial charge in [0.25, 0.3) is 0 Å². The lowest BCUT2D eigenvalue weighted by Gasteiger charge is -2.15. The third-order valence-corrected chi connectivity index (χ3v) is 2.88. The molecule has 108 valence electrons. The highest BCUT2D eigenvalue weighted by Crippen LogP contribution is 2.22. The maximum Gasteiger partial charge on any atom is 0.135 e. The molecule has 1 heterocycles. The van der Waals surface area contributed by atoms with Gasteiger partial charge in [-0.05, 0) is 20.3 Å². The van der Waals surface area contributed by atoms with E-state index in [4.69, 9.17) is 4.74 Å².